The average Bonchev–Trinajstić information content (AvgIpc) is 3.29. The van der Waals surface area contributed by atoms with E-state index in [0.29, 0.717) is 16.9 Å². The van der Waals surface area contributed by atoms with E-state index in [1.54, 1.807) is 16.9 Å². The van der Waals surface area contributed by atoms with E-state index >= 15 is 0 Å². The summed E-state index contributed by atoms with van der Waals surface area (Å²) in [6.07, 6.45) is 4.83. The standard InChI is InChI=1S/C20H19N5O2/c1-25-11-13-7-16(19(26)8-18(13)24-25)17-3-2-12-6-15(10-22-20(12)23-17)27-14-4-5-21-9-14/h2-3,6-8,10-11,14,21,26H,4-5,9H2,1H3/t14-/m1/s1. The molecule has 1 fully saturated rings. The zero-order valence-electron chi connectivity index (χ0n) is 14.9. The van der Waals surface area contributed by atoms with Gasteiger partial charge in [-0.1, -0.05) is 0 Å². The van der Waals surface area contributed by atoms with Crippen molar-refractivity contribution in [2.45, 2.75) is 12.5 Å². The molecule has 0 amide bonds. The van der Waals surface area contributed by atoms with Gasteiger partial charge in [0.25, 0.3) is 0 Å². The van der Waals surface area contributed by atoms with Crippen molar-refractivity contribution in [1.82, 2.24) is 25.1 Å². The Morgan fingerprint density at radius 1 is 1.22 bits per heavy atom. The zero-order chi connectivity index (χ0) is 18.4. The summed E-state index contributed by atoms with van der Waals surface area (Å²) in [6.45, 7) is 1.85. The Morgan fingerprint density at radius 3 is 3.00 bits per heavy atom. The van der Waals surface area contributed by atoms with Crippen molar-refractivity contribution in [2.24, 2.45) is 7.05 Å². The molecule has 0 radical (unpaired) electrons. The molecule has 2 N–H and O–H groups in total. The van der Waals surface area contributed by atoms with Crippen LogP contribution in [0.5, 0.6) is 11.5 Å². The Balaban J connectivity index is 1.51. The number of nitrogens with zero attached hydrogens (tertiary/aromatic N) is 4. The molecule has 3 aromatic heterocycles. The minimum absolute atomic E-state index is 0.154. The molecule has 1 atom stereocenters. The molecular weight excluding hydrogens is 342 g/mol. The summed E-state index contributed by atoms with van der Waals surface area (Å²) in [5.41, 5.74) is 2.71. The molecule has 0 bridgehead atoms. The lowest BCUT2D eigenvalue weighted by Crippen LogP contribution is -2.19. The maximum atomic E-state index is 10.4. The molecule has 1 aliphatic heterocycles. The number of rotatable bonds is 3. The number of hydrogen-bond acceptors (Lipinski definition) is 6. The molecule has 5 rings (SSSR count). The van der Waals surface area contributed by atoms with E-state index in [-0.39, 0.29) is 11.9 Å². The zero-order valence-corrected chi connectivity index (χ0v) is 14.9. The minimum atomic E-state index is 0.154. The van der Waals surface area contributed by atoms with Crippen LogP contribution in [0.2, 0.25) is 0 Å². The van der Waals surface area contributed by atoms with Crippen molar-refractivity contribution >= 4 is 21.9 Å². The summed E-state index contributed by atoms with van der Waals surface area (Å²) in [4.78, 5) is 9.08. The molecule has 7 heteroatoms. The van der Waals surface area contributed by atoms with Crippen LogP contribution in [0.1, 0.15) is 6.42 Å². The first kappa shape index (κ1) is 16.0. The number of benzene rings is 1. The SMILES string of the molecule is Cn1cc2cc(-c3ccc4cc(O[C@@H]5CCNC5)cnc4n3)c(O)cc2n1. The number of phenolic OH excluding ortho intramolecular Hbond substituents is 1. The number of pyridine rings is 2. The normalized spacial score (nSPS) is 17.0. The number of aromatic nitrogens is 4. The number of aromatic hydroxyl groups is 1. The molecule has 27 heavy (non-hydrogen) atoms. The second-order valence-electron chi connectivity index (χ2n) is 6.88. The highest BCUT2D eigenvalue weighted by molar-refractivity contribution is 5.88. The van der Waals surface area contributed by atoms with E-state index in [0.717, 1.165) is 41.5 Å². The Hall–Kier alpha value is -3.19. The average molecular weight is 361 g/mol. The monoisotopic (exact) mass is 361 g/mol. The van der Waals surface area contributed by atoms with Crippen LogP contribution < -0.4 is 10.1 Å². The van der Waals surface area contributed by atoms with Crippen molar-refractivity contribution in [3.63, 3.8) is 0 Å². The van der Waals surface area contributed by atoms with Gasteiger partial charge in [0.2, 0.25) is 0 Å². The van der Waals surface area contributed by atoms with E-state index in [9.17, 15) is 5.11 Å². The Labute approximate surface area is 155 Å². The van der Waals surface area contributed by atoms with Gasteiger partial charge in [-0.3, -0.25) is 4.68 Å². The number of phenols is 1. The Kier molecular flexibility index (Phi) is 3.68. The van der Waals surface area contributed by atoms with E-state index in [2.05, 4.69) is 20.4 Å². The summed E-state index contributed by atoms with van der Waals surface area (Å²) in [7, 11) is 1.86. The molecule has 1 aromatic carbocycles. The summed E-state index contributed by atoms with van der Waals surface area (Å²) < 4.78 is 7.69. The van der Waals surface area contributed by atoms with Crippen LogP contribution in [-0.4, -0.2) is 44.0 Å². The van der Waals surface area contributed by atoms with Gasteiger partial charge in [-0.2, -0.15) is 5.10 Å². The lowest BCUT2D eigenvalue weighted by atomic mass is 10.1. The van der Waals surface area contributed by atoms with Crippen LogP contribution in [0.15, 0.2) is 42.7 Å². The lowest BCUT2D eigenvalue weighted by molar-refractivity contribution is 0.222. The van der Waals surface area contributed by atoms with E-state index in [4.69, 9.17) is 4.74 Å². The summed E-state index contributed by atoms with van der Waals surface area (Å²) >= 11 is 0. The predicted molar refractivity (Wildman–Crippen MR) is 103 cm³/mol. The molecule has 0 unspecified atom stereocenters. The third kappa shape index (κ3) is 2.96. The molecule has 1 saturated heterocycles. The molecule has 4 heterocycles. The Morgan fingerprint density at radius 2 is 2.15 bits per heavy atom. The van der Waals surface area contributed by atoms with Crippen molar-refractivity contribution in [1.29, 1.82) is 0 Å². The first-order valence-corrected chi connectivity index (χ1v) is 8.97. The fourth-order valence-corrected chi connectivity index (χ4v) is 3.52. The van der Waals surface area contributed by atoms with Gasteiger partial charge in [0.05, 0.1) is 17.4 Å². The highest BCUT2D eigenvalue weighted by atomic mass is 16.5. The third-order valence-electron chi connectivity index (χ3n) is 4.85. The van der Waals surface area contributed by atoms with Gasteiger partial charge in [-0.15, -0.1) is 0 Å². The highest BCUT2D eigenvalue weighted by Gasteiger charge is 2.16. The molecule has 0 aliphatic carbocycles. The van der Waals surface area contributed by atoms with Crippen LogP contribution in [0.25, 0.3) is 33.2 Å². The van der Waals surface area contributed by atoms with Crippen molar-refractivity contribution in [2.75, 3.05) is 13.1 Å². The maximum Gasteiger partial charge on any atom is 0.160 e. The fourth-order valence-electron chi connectivity index (χ4n) is 3.52. The van der Waals surface area contributed by atoms with Gasteiger partial charge in [-0.05, 0) is 37.2 Å². The molecule has 0 saturated carbocycles. The number of fused-ring (bicyclic) bond motifs is 2. The van der Waals surface area contributed by atoms with Gasteiger partial charge in [0.15, 0.2) is 5.65 Å². The van der Waals surface area contributed by atoms with Crippen molar-refractivity contribution in [3.05, 3.63) is 42.7 Å². The van der Waals surface area contributed by atoms with Gasteiger partial charge in [0, 0.05) is 42.2 Å². The first-order valence-electron chi connectivity index (χ1n) is 8.97. The second kappa shape index (κ2) is 6.21. The number of aryl methyl sites for hydroxylation is 1. The van der Waals surface area contributed by atoms with Crippen LogP contribution >= 0.6 is 0 Å². The fraction of sp³-hybridized carbons (Fsp3) is 0.250. The largest absolute Gasteiger partial charge is 0.507 e. The molecule has 7 nitrogen and oxygen atoms in total. The van der Waals surface area contributed by atoms with Crippen LogP contribution in [-0.2, 0) is 7.05 Å². The molecule has 0 spiro atoms. The molecule has 1 aliphatic rings. The highest BCUT2D eigenvalue weighted by Crippen LogP contribution is 2.33. The minimum Gasteiger partial charge on any atom is -0.507 e. The maximum absolute atomic E-state index is 10.4. The number of ether oxygens (including phenoxy) is 1. The van der Waals surface area contributed by atoms with Crippen molar-refractivity contribution < 1.29 is 9.84 Å². The molecule has 4 aromatic rings. The topological polar surface area (TPSA) is 85.1 Å². The smallest absolute Gasteiger partial charge is 0.160 e. The molecular formula is C20H19N5O2. The van der Waals surface area contributed by atoms with E-state index < -0.39 is 0 Å². The third-order valence-corrected chi connectivity index (χ3v) is 4.85. The van der Waals surface area contributed by atoms with Crippen LogP contribution in [0, 0.1) is 0 Å². The van der Waals surface area contributed by atoms with Crippen LogP contribution in [0.4, 0.5) is 0 Å². The summed E-state index contributed by atoms with van der Waals surface area (Å²) in [5, 5.41) is 19.9. The Bertz CT molecular complexity index is 1150. The van der Waals surface area contributed by atoms with E-state index in [1.807, 2.05) is 37.5 Å². The van der Waals surface area contributed by atoms with Gasteiger partial charge < -0.3 is 15.2 Å². The molecule has 136 valence electrons. The van der Waals surface area contributed by atoms with Crippen molar-refractivity contribution in [3.8, 4) is 22.8 Å². The van der Waals surface area contributed by atoms with Crippen LogP contribution in [0.3, 0.4) is 0 Å². The van der Waals surface area contributed by atoms with E-state index in [1.165, 1.54) is 0 Å². The van der Waals surface area contributed by atoms with Gasteiger partial charge in [0.1, 0.15) is 17.6 Å². The quantitative estimate of drug-likeness (QED) is 0.583. The first-order chi connectivity index (χ1) is 13.2. The summed E-state index contributed by atoms with van der Waals surface area (Å²) in [5.74, 6) is 0.909. The second-order valence-corrected chi connectivity index (χ2v) is 6.88. The lowest BCUT2D eigenvalue weighted by Gasteiger charge is -2.12. The number of hydrogen-bond donors (Lipinski definition) is 2. The predicted octanol–water partition coefficient (Wildman–Crippen LogP) is 2.63. The van der Waals surface area contributed by atoms with Gasteiger partial charge in [-0.25, -0.2) is 9.97 Å². The van der Waals surface area contributed by atoms with Gasteiger partial charge >= 0.3 is 0 Å². The summed E-state index contributed by atoms with van der Waals surface area (Å²) in [6, 6.07) is 9.37. The number of nitrogens with one attached hydrogen (secondary N) is 1.